The number of Topliss-reactive ketones (excluding diaryl/α,β-unsaturated/α-hetero) is 1. The normalized spacial score (nSPS) is 15.8. The van der Waals surface area contributed by atoms with E-state index in [-0.39, 0.29) is 64.2 Å². The second-order valence-electron chi connectivity index (χ2n) is 12.5. The second-order valence-corrected chi connectivity index (χ2v) is 12.5. The number of amides is 2. The number of halogens is 3. The number of rotatable bonds is 18. The van der Waals surface area contributed by atoms with E-state index in [2.05, 4.69) is 5.32 Å². The summed E-state index contributed by atoms with van der Waals surface area (Å²) in [5, 5.41) is 2.46. The molecule has 0 spiro atoms. The number of esters is 1. The first kappa shape index (κ1) is 40.7. The van der Waals surface area contributed by atoms with Gasteiger partial charge in [-0.3, -0.25) is 19.3 Å². The predicted octanol–water partition coefficient (Wildman–Crippen LogP) is 6.35. The molecule has 0 aromatic heterocycles. The molecule has 0 saturated carbocycles. The van der Waals surface area contributed by atoms with Gasteiger partial charge in [-0.05, 0) is 60.2 Å². The number of ketones is 1. The maximum atomic E-state index is 13.5. The zero-order valence-electron chi connectivity index (χ0n) is 30.0. The number of ether oxygens (including phenoxy) is 5. The Kier molecular flexibility index (Phi) is 14.7. The summed E-state index contributed by atoms with van der Waals surface area (Å²) in [6.45, 7) is -0.138. The highest BCUT2D eigenvalue weighted by Gasteiger charge is 2.43. The Morgan fingerprint density at radius 1 is 0.774 bits per heavy atom. The van der Waals surface area contributed by atoms with Crippen LogP contribution in [0.2, 0.25) is 0 Å². The smallest absolute Gasteiger partial charge is 0.449 e. The van der Waals surface area contributed by atoms with Gasteiger partial charge >= 0.3 is 18.2 Å². The molecule has 0 bridgehead atoms. The summed E-state index contributed by atoms with van der Waals surface area (Å²) >= 11 is 0. The van der Waals surface area contributed by atoms with Crippen LogP contribution in [-0.2, 0) is 34.2 Å². The van der Waals surface area contributed by atoms with Crippen molar-refractivity contribution in [1.29, 1.82) is 0 Å². The fourth-order valence-electron chi connectivity index (χ4n) is 6.17. The van der Waals surface area contributed by atoms with Crippen LogP contribution in [0.25, 0.3) is 0 Å². The third-order valence-electron chi connectivity index (χ3n) is 9.00. The molecule has 1 aliphatic heterocycles. The minimum Gasteiger partial charge on any atom is -0.497 e. The number of nitrogens with zero attached hydrogens (tertiary/aromatic N) is 1. The number of nitrogens with one attached hydrogen (secondary N) is 1. The van der Waals surface area contributed by atoms with E-state index < -0.39 is 48.2 Å². The summed E-state index contributed by atoms with van der Waals surface area (Å²) in [6, 6.07) is 23.8. The van der Waals surface area contributed by atoms with E-state index in [1.807, 2.05) is 78.9 Å². The number of likely N-dealkylation sites (tertiary alicyclic amines) is 1. The van der Waals surface area contributed by atoms with Crippen LogP contribution in [0.15, 0.2) is 78.9 Å². The summed E-state index contributed by atoms with van der Waals surface area (Å²) < 4.78 is 66.7. The highest BCUT2D eigenvalue weighted by molar-refractivity contribution is 5.84. The van der Waals surface area contributed by atoms with Gasteiger partial charge in [0.2, 0.25) is 11.7 Å². The van der Waals surface area contributed by atoms with E-state index in [0.717, 1.165) is 16.7 Å². The minimum atomic E-state index is -4.87. The maximum Gasteiger partial charge on any atom is 0.449 e. The number of hydrogen-bond acceptors (Lipinski definition) is 9. The largest absolute Gasteiger partial charge is 0.497 e. The van der Waals surface area contributed by atoms with Crippen LogP contribution >= 0.6 is 0 Å². The van der Waals surface area contributed by atoms with Crippen molar-refractivity contribution < 1.29 is 56.0 Å². The molecule has 0 radical (unpaired) electrons. The zero-order chi connectivity index (χ0) is 38.4. The third kappa shape index (κ3) is 11.0. The Bertz CT molecular complexity index is 1600. The average Bonchev–Trinajstić information content (AvgIpc) is 3.58. The molecule has 3 aromatic rings. The molecule has 2 amide bonds. The molecular weight excluding hydrogens is 697 g/mol. The summed E-state index contributed by atoms with van der Waals surface area (Å²) in [5.74, 6) is -1.42. The fraction of sp³-hybridized carbons (Fsp3) is 0.436. The molecule has 3 aromatic carbocycles. The standard InChI is InChI=1S/C39H45F3N2O9/c1-43-35(46)21-22-36(47)53-33-24-30(44(25-33)37(48)51-23-9-5-8-12-34(45)39(40,41)42)26-52-38(27-10-6-4-7-11-27,28-13-17-31(49-2)18-14-28)29-15-19-32(50-3)20-16-29/h4,6-7,10-11,13-20,30,33H,5,8-9,12,21-26H2,1-3H3,(H,43,46)/t30-,33+/m0/s1. The van der Waals surface area contributed by atoms with Gasteiger partial charge in [0.25, 0.3) is 0 Å². The van der Waals surface area contributed by atoms with Crippen molar-refractivity contribution in [3.8, 4) is 11.5 Å². The Hall–Kier alpha value is -5.11. The van der Waals surface area contributed by atoms with Crippen LogP contribution in [0.5, 0.6) is 11.5 Å². The summed E-state index contributed by atoms with van der Waals surface area (Å²) in [5.41, 5.74) is 1.13. The zero-order valence-corrected chi connectivity index (χ0v) is 30.0. The van der Waals surface area contributed by atoms with E-state index in [4.69, 9.17) is 23.7 Å². The van der Waals surface area contributed by atoms with Gasteiger partial charge in [-0.2, -0.15) is 13.2 Å². The van der Waals surface area contributed by atoms with E-state index in [0.29, 0.717) is 11.5 Å². The van der Waals surface area contributed by atoms with Crippen LogP contribution in [0.3, 0.4) is 0 Å². The lowest BCUT2D eigenvalue weighted by atomic mass is 9.80. The fourth-order valence-corrected chi connectivity index (χ4v) is 6.17. The van der Waals surface area contributed by atoms with Gasteiger partial charge in [0.15, 0.2) is 0 Å². The van der Waals surface area contributed by atoms with Gasteiger partial charge in [-0.15, -0.1) is 0 Å². The predicted molar refractivity (Wildman–Crippen MR) is 187 cm³/mol. The number of alkyl halides is 3. The quantitative estimate of drug-likeness (QED) is 0.0901. The molecular formula is C39H45F3N2O9. The lowest BCUT2D eigenvalue weighted by Crippen LogP contribution is -2.42. The molecule has 4 rings (SSSR count). The first-order valence-electron chi connectivity index (χ1n) is 17.3. The van der Waals surface area contributed by atoms with Crippen molar-refractivity contribution in [3.05, 3.63) is 95.6 Å². The molecule has 1 saturated heterocycles. The van der Waals surface area contributed by atoms with Gasteiger partial charge in [0.05, 0.1) is 46.4 Å². The second kappa shape index (κ2) is 19.1. The van der Waals surface area contributed by atoms with Gasteiger partial charge in [-0.1, -0.05) is 54.6 Å². The van der Waals surface area contributed by atoms with E-state index >= 15 is 0 Å². The molecule has 11 nitrogen and oxygen atoms in total. The molecule has 1 fully saturated rings. The van der Waals surface area contributed by atoms with Crippen LogP contribution in [0.1, 0.15) is 61.6 Å². The topological polar surface area (TPSA) is 130 Å². The van der Waals surface area contributed by atoms with Crippen molar-refractivity contribution in [2.24, 2.45) is 0 Å². The lowest BCUT2D eigenvalue weighted by Gasteiger charge is -2.37. The number of hydrogen-bond donors (Lipinski definition) is 1. The third-order valence-corrected chi connectivity index (χ3v) is 9.00. The average molecular weight is 743 g/mol. The van der Waals surface area contributed by atoms with Gasteiger partial charge in [-0.25, -0.2) is 4.79 Å². The molecule has 0 aliphatic carbocycles. The lowest BCUT2D eigenvalue weighted by molar-refractivity contribution is -0.171. The van der Waals surface area contributed by atoms with E-state index in [9.17, 15) is 32.3 Å². The van der Waals surface area contributed by atoms with Gasteiger partial charge in [0, 0.05) is 26.3 Å². The SMILES string of the molecule is CNC(=O)CCC(=O)O[C@@H]1C[C@@H](COC(c2ccccc2)(c2ccc(OC)cc2)c2ccc(OC)cc2)N(C(=O)OCCCCCC(=O)C(F)(F)F)C1. The first-order valence-corrected chi connectivity index (χ1v) is 17.3. The van der Waals surface area contributed by atoms with Crippen LogP contribution in [0, 0.1) is 0 Å². The Morgan fingerprint density at radius 3 is 1.91 bits per heavy atom. The number of carbonyl (C=O) groups excluding carboxylic acids is 4. The van der Waals surface area contributed by atoms with E-state index in [1.54, 1.807) is 14.2 Å². The Labute approximate surface area is 306 Å². The van der Waals surface area contributed by atoms with Gasteiger partial charge in [0.1, 0.15) is 23.2 Å². The molecule has 53 heavy (non-hydrogen) atoms. The number of methoxy groups -OCH3 is 2. The first-order chi connectivity index (χ1) is 25.4. The van der Waals surface area contributed by atoms with Crippen LogP contribution in [0.4, 0.5) is 18.0 Å². The molecule has 1 heterocycles. The van der Waals surface area contributed by atoms with Crippen LogP contribution in [-0.4, -0.2) is 88.0 Å². The molecule has 286 valence electrons. The van der Waals surface area contributed by atoms with E-state index in [1.165, 1.54) is 11.9 Å². The highest BCUT2D eigenvalue weighted by Crippen LogP contribution is 2.42. The Morgan fingerprint density at radius 2 is 1.36 bits per heavy atom. The van der Waals surface area contributed by atoms with Crippen molar-refractivity contribution in [3.63, 3.8) is 0 Å². The number of carbonyl (C=O) groups is 4. The van der Waals surface area contributed by atoms with Crippen molar-refractivity contribution in [2.45, 2.75) is 68.9 Å². The molecule has 14 heteroatoms. The molecule has 2 atom stereocenters. The number of unbranched alkanes of at least 4 members (excludes halogenated alkanes) is 2. The monoisotopic (exact) mass is 742 g/mol. The maximum absolute atomic E-state index is 13.5. The van der Waals surface area contributed by atoms with Crippen LogP contribution < -0.4 is 14.8 Å². The van der Waals surface area contributed by atoms with Gasteiger partial charge < -0.3 is 29.0 Å². The molecule has 1 aliphatic rings. The Balaban J connectivity index is 1.59. The summed E-state index contributed by atoms with van der Waals surface area (Å²) in [7, 11) is 4.61. The molecule has 1 N–H and O–H groups in total. The van der Waals surface area contributed by atoms with Crippen molar-refractivity contribution in [2.75, 3.05) is 41.0 Å². The van der Waals surface area contributed by atoms with Crippen molar-refractivity contribution >= 4 is 23.8 Å². The minimum absolute atomic E-state index is 0.00242. The highest BCUT2D eigenvalue weighted by atomic mass is 19.4. The molecule has 0 unspecified atom stereocenters. The summed E-state index contributed by atoms with van der Waals surface area (Å²) in [6.07, 6.45) is -6.46. The summed E-state index contributed by atoms with van der Waals surface area (Å²) in [4.78, 5) is 50.5. The number of benzene rings is 3. The van der Waals surface area contributed by atoms with Crippen molar-refractivity contribution in [1.82, 2.24) is 10.2 Å².